The molecule has 0 fully saturated rings. The molecular weight excluding hydrogens is 443 g/mol. The molecule has 0 aliphatic heterocycles. The number of amides is 1. The first-order valence-electron chi connectivity index (χ1n) is 8.15. The quantitative estimate of drug-likeness (QED) is 0.467. The van der Waals surface area contributed by atoms with Gasteiger partial charge in [0.05, 0.1) is 5.92 Å². The summed E-state index contributed by atoms with van der Waals surface area (Å²) in [5.74, 6) is -1.74. The monoisotopic (exact) mass is 457 g/mol. The Balaban J connectivity index is 1.84. The van der Waals surface area contributed by atoms with E-state index < -0.39 is 25.7 Å². The zero-order valence-electron chi connectivity index (χ0n) is 14.3. The highest BCUT2D eigenvalue weighted by Crippen LogP contribution is 2.36. The molecule has 146 valence electrons. The lowest BCUT2D eigenvalue weighted by Crippen LogP contribution is -2.26. The third-order valence-electron chi connectivity index (χ3n) is 4.02. The van der Waals surface area contributed by atoms with Gasteiger partial charge in [0, 0.05) is 27.1 Å². The van der Waals surface area contributed by atoms with Crippen molar-refractivity contribution in [3.63, 3.8) is 0 Å². The van der Waals surface area contributed by atoms with E-state index in [0.29, 0.717) is 16.1 Å². The van der Waals surface area contributed by atoms with Gasteiger partial charge >= 0.3 is 0 Å². The van der Waals surface area contributed by atoms with Crippen LogP contribution in [-0.4, -0.2) is 17.0 Å². The Morgan fingerprint density at radius 1 is 1.25 bits per heavy atom. The summed E-state index contributed by atoms with van der Waals surface area (Å²) in [6.45, 7) is 0. The Kier molecular flexibility index (Phi) is 6.91. The summed E-state index contributed by atoms with van der Waals surface area (Å²) < 4.78 is 25.8. The third kappa shape index (κ3) is 5.22. The number of fused-ring (bicyclic) bond motifs is 1. The minimum Gasteiger partial charge on any atom is -0.346 e. The van der Waals surface area contributed by atoms with E-state index in [-0.39, 0.29) is 11.2 Å². The highest BCUT2D eigenvalue weighted by atomic mass is 35.5. The van der Waals surface area contributed by atoms with Crippen molar-refractivity contribution in [2.45, 2.75) is 5.92 Å². The maximum atomic E-state index is 13.4. The van der Waals surface area contributed by atoms with Gasteiger partial charge in [0.2, 0.25) is 5.91 Å². The molecule has 2 atom stereocenters. The molecule has 1 heterocycles. The third-order valence-corrected chi connectivity index (χ3v) is 6.21. The summed E-state index contributed by atoms with van der Waals surface area (Å²) >= 11 is 13.3. The van der Waals surface area contributed by atoms with Gasteiger partial charge in [-0.15, -0.1) is 11.3 Å². The summed E-state index contributed by atoms with van der Waals surface area (Å²) in [6, 6.07) is 9.33. The lowest BCUT2D eigenvalue weighted by molar-refractivity contribution is -0.121. The van der Waals surface area contributed by atoms with Crippen LogP contribution in [0.15, 0.2) is 48.0 Å². The number of benzene rings is 2. The molecule has 3 aromatic rings. The molecule has 4 nitrogen and oxygen atoms in total. The Bertz CT molecular complexity index is 1070. The molecule has 0 bridgehead atoms. The van der Waals surface area contributed by atoms with Gasteiger partial charge in [-0.2, -0.15) is 0 Å². The van der Waals surface area contributed by atoms with Crippen LogP contribution < -0.4 is 5.32 Å². The van der Waals surface area contributed by atoms with Crippen molar-refractivity contribution in [3.8, 4) is 0 Å². The minimum absolute atomic E-state index is 0.186. The van der Waals surface area contributed by atoms with Crippen molar-refractivity contribution in [3.05, 3.63) is 75.0 Å². The van der Waals surface area contributed by atoms with Gasteiger partial charge in [0.1, 0.15) is 5.82 Å². The summed E-state index contributed by atoms with van der Waals surface area (Å²) in [5, 5.41) is 5.93. The van der Waals surface area contributed by atoms with E-state index in [4.69, 9.17) is 23.2 Å². The Labute approximate surface area is 175 Å². The lowest BCUT2D eigenvalue weighted by atomic mass is 9.99. The number of hydrogen-bond donors (Lipinski definition) is 2. The molecule has 9 heteroatoms. The van der Waals surface area contributed by atoms with Gasteiger partial charge in [-0.1, -0.05) is 23.2 Å². The summed E-state index contributed by atoms with van der Waals surface area (Å²) in [7, 11) is -2.90. The minimum atomic E-state index is -2.90. The average molecular weight is 458 g/mol. The predicted molar refractivity (Wildman–Crippen MR) is 114 cm³/mol. The maximum absolute atomic E-state index is 13.4. The fourth-order valence-electron chi connectivity index (χ4n) is 2.80. The van der Waals surface area contributed by atoms with E-state index in [1.54, 1.807) is 23.6 Å². The van der Waals surface area contributed by atoms with Crippen LogP contribution in [0.4, 0.5) is 4.39 Å². The second-order valence-corrected chi connectivity index (χ2v) is 9.01. The molecule has 2 N–H and O–H groups in total. The van der Waals surface area contributed by atoms with Crippen LogP contribution in [0.25, 0.3) is 16.2 Å². The van der Waals surface area contributed by atoms with Crippen molar-refractivity contribution in [2.24, 2.45) is 0 Å². The van der Waals surface area contributed by atoms with E-state index in [0.717, 1.165) is 10.1 Å². The molecule has 0 aliphatic carbocycles. The molecule has 1 amide bonds. The number of carbonyl (C=O) groups excluding carboxylic acids is 1. The molecule has 2 unspecified atom stereocenters. The summed E-state index contributed by atoms with van der Waals surface area (Å²) in [5.41, 5.74) is 1.12. The molecular formula is C19H15Cl2FNO3PS. The Morgan fingerprint density at radius 3 is 2.75 bits per heavy atom. The van der Waals surface area contributed by atoms with Gasteiger partial charge < -0.3 is 10.2 Å². The first-order chi connectivity index (χ1) is 13.3. The number of thiophene rings is 1. The molecule has 1 aromatic heterocycles. The van der Waals surface area contributed by atoms with Crippen LogP contribution in [0.1, 0.15) is 17.0 Å². The standard InChI is InChI=1S/C19H15Cl2FNO3PS/c20-12-1-2-18-15(8-12)17(10-28-18)16(9-27(25)26)19(24)23-4-3-11-5-13(21)7-14(22)6-11/h1-8,10,16,27H,9H2,(H,23,24)(H,25,26)/b4-3+. The fraction of sp³-hybridized carbons (Fsp3) is 0.105. The first-order valence-corrected chi connectivity index (χ1v) is 11.3. The molecule has 0 spiro atoms. The van der Waals surface area contributed by atoms with E-state index in [1.165, 1.54) is 35.7 Å². The molecule has 3 rings (SSSR count). The largest absolute Gasteiger partial charge is 0.346 e. The van der Waals surface area contributed by atoms with Crippen LogP contribution in [0, 0.1) is 5.82 Å². The SMILES string of the molecule is O=C(N/C=C/c1cc(F)cc(Cl)c1)C(C[PH](=O)O)c1csc2ccc(Cl)cc12. The van der Waals surface area contributed by atoms with Crippen LogP contribution in [0.3, 0.4) is 0 Å². The molecule has 0 radical (unpaired) electrons. The van der Waals surface area contributed by atoms with Gasteiger partial charge in [-0.25, -0.2) is 4.39 Å². The van der Waals surface area contributed by atoms with Crippen molar-refractivity contribution in [2.75, 3.05) is 6.16 Å². The zero-order valence-corrected chi connectivity index (χ0v) is 17.6. The Hall–Kier alpha value is -1.69. The summed E-state index contributed by atoms with van der Waals surface area (Å²) in [6.07, 6.45) is 2.67. The number of hydrogen-bond acceptors (Lipinski definition) is 3. The fourth-order valence-corrected chi connectivity index (χ4v) is 4.95. The Morgan fingerprint density at radius 2 is 2.04 bits per heavy atom. The molecule has 2 aromatic carbocycles. The van der Waals surface area contributed by atoms with Crippen molar-refractivity contribution in [1.82, 2.24) is 5.32 Å². The van der Waals surface area contributed by atoms with Crippen molar-refractivity contribution in [1.29, 1.82) is 0 Å². The molecule has 28 heavy (non-hydrogen) atoms. The second kappa shape index (κ2) is 9.21. The average Bonchev–Trinajstić information content (AvgIpc) is 3.01. The zero-order chi connectivity index (χ0) is 20.3. The first kappa shape index (κ1) is 21.0. The van der Waals surface area contributed by atoms with Crippen LogP contribution >= 0.6 is 42.6 Å². The van der Waals surface area contributed by atoms with E-state index in [2.05, 4.69) is 5.32 Å². The molecule has 0 saturated heterocycles. The number of nitrogens with one attached hydrogen (secondary N) is 1. The van der Waals surface area contributed by atoms with Gasteiger partial charge in [0.25, 0.3) is 0 Å². The topological polar surface area (TPSA) is 66.4 Å². The van der Waals surface area contributed by atoms with Gasteiger partial charge in [0.15, 0.2) is 8.03 Å². The molecule has 0 saturated carbocycles. The van der Waals surface area contributed by atoms with Crippen LogP contribution in [0.5, 0.6) is 0 Å². The van der Waals surface area contributed by atoms with Gasteiger partial charge in [-0.05, 0) is 64.4 Å². The smallest absolute Gasteiger partial charge is 0.232 e. The van der Waals surface area contributed by atoms with E-state index in [1.807, 2.05) is 6.07 Å². The van der Waals surface area contributed by atoms with Crippen molar-refractivity contribution < 1.29 is 18.6 Å². The van der Waals surface area contributed by atoms with Crippen LogP contribution in [0.2, 0.25) is 10.0 Å². The number of rotatable bonds is 6. The second-order valence-electron chi connectivity index (χ2n) is 6.03. The van der Waals surface area contributed by atoms with E-state index >= 15 is 0 Å². The maximum Gasteiger partial charge on any atom is 0.232 e. The summed E-state index contributed by atoms with van der Waals surface area (Å²) in [4.78, 5) is 22.1. The lowest BCUT2D eigenvalue weighted by Gasteiger charge is -2.14. The highest BCUT2D eigenvalue weighted by Gasteiger charge is 2.25. The predicted octanol–water partition coefficient (Wildman–Crippen LogP) is 5.68. The molecule has 0 aliphatic rings. The highest BCUT2D eigenvalue weighted by molar-refractivity contribution is 7.38. The normalized spacial score (nSPS) is 13.7. The van der Waals surface area contributed by atoms with E-state index in [9.17, 15) is 18.6 Å². The number of halogens is 3. The van der Waals surface area contributed by atoms with Crippen LogP contribution in [-0.2, 0) is 9.36 Å². The van der Waals surface area contributed by atoms with Gasteiger partial charge in [-0.3, -0.25) is 9.36 Å². The van der Waals surface area contributed by atoms with Crippen molar-refractivity contribution >= 4 is 64.6 Å². The number of carbonyl (C=O) groups is 1.